The highest BCUT2D eigenvalue weighted by Crippen LogP contribution is 2.36. The smallest absolute Gasteiger partial charge is 0.233 e. The van der Waals surface area contributed by atoms with E-state index in [1.165, 1.54) is 19.2 Å². The number of Topliss-reactive ketones (excluding diaryl/α,β-unsaturated/α-hetero) is 2. The van der Waals surface area contributed by atoms with Crippen LogP contribution in [0.5, 0.6) is 28.7 Å². The molecule has 4 rings (SSSR count). The number of phenols is 3. The lowest BCUT2D eigenvalue weighted by atomic mass is 9.99. The third kappa shape index (κ3) is 6.83. The van der Waals surface area contributed by atoms with E-state index in [0.717, 1.165) is 12.1 Å². The van der Waals surface area contributed by atoms with Gasteiger partial charge in [0.2, 0.25) is 18.4 Å². The topological polar surface area (TPSA) is 242 Å². The Hall–Kier alpha value is -3.96. The van der Waals surface area contributed by atoms with Crippen molar-refractivity contribution in [1.29, 1.82) is 0 Å². The number of hydrogen-bond donors (Lipinski definition) is 8. The Morgan fingerprint density at radius 3 is 2.23 bits per heavy atom. The van der Waals surface area contributed by atoms with Crippen molar-refractivity contribution in [2.45, 2.75) is 62.0 Å². The van der Waals surface area contributed by atoms with Crippen LogP contribution in [0.25, 0.3) is 0 Å². The van der Waals surface area contributed by atoms with E-state index in [1.54, 1.807) is 6.07 Å². The summed E-state index contributed by atoms with van der Waals surface area (Å²) in [6, 6.07) is 6.54. The number of aryl methyl sites for hydroxylation is 1. The van der Waals surface area contributed by atoms with Crippen molar-refractivity contribution in [3.63, 3.8) is 0 Å². The Morgan fingerprint density at radius 1 is 0.930 bits per heavy atom. The van der Waals surface area contributed by atoms with Gasteiger partial charge in [0.25, 0.3) is 0 Å². The first-order chi connectivity index (χ1) is 20.3. The number of hydrogen-bond acceptors (Lipinski definition) is 15. The van der Waals surface area contributed by atoms with Crippen LogP contribution in [0.15, 0.2) is 42.7 Å². The number of rotatable bonds is 10. The van der Waals surface area contributed by atoms with E-state index >= 15 is 0 Å². The molecule has 8 N–H and O–H groups in total. The molecule has 2 aliphatic heterocycles. The molecule has 2 saturated heterocycles. The van der Waals surface area contributed by atoms with Crippen molar-refractivity contribution >= 4 is 11.6 Å². The number of phenolic OH excluding ortho intramolecular Hbond substituents is 3. The van der Waals surface area contributed by atoms with E-state index in [-0.39, 0.29) is 35.8 Å². The number of aliphatic hydroxyl groups is 5. The Balaban J connectivity index is 1.41. The zero-order valence-corrected chi connectivity index (χ0v) is 22.8. The van der Waals surface area contributed by atoms with Crippen molar-refractivity contribution in [3.8, 4) is 28.7 Å². The number of aliphatic hydroxyl groups excluding tert-OH is 5. The minimum absolute atomic E-state index is 0.112. The molecule has 0 bridgehead atoms. The van der Waals surface area contributed by atoms with E-state index in [1.807, 2.05) is 0 Å². The summed E-state index contributed by atoms with van der Waals surface area (Å²) in [7, 11) is 1.39. The van der Waals surface area contributed by atoms with Gasteiger partial charge in [-0.25, -0.2) is 0 Å². The Kier molecular flexibility index (Phi) is 9.76. The lowest BCUT2D eigenvalue weighted by molar-refractivity contribution is -0.291. The van der Waals surface area contributed by atoms with Crippen LogP contribution in [0.4, 0.5) is 0 Å². The number of methoxy groups -OCH3 is 1. The van der Waals surface area contributed by atoms with E-state index in [2.05, 4.69) is 6.58 Å². The van der Waals surface area contributed by atoms with Crippen molar-refractivity contribution in [1.82, 2.24) is 0 Å². The summed E-state index contributed by atoms with van der Waals surface area (Å²) in [6.07, 6.45) is -13.7. The number of aromatic hydroxyl groups is 3. The third-order valence-electron chi connectivity index (χ3n) is 6.97. The van der Waals surface area contributed by atoms with Gasteiger partial charge in [0.15, 0.2) is 29.5 Å². The molecule has 2 aromatic carbocycles. The molecule has 43 heavy (non-hydrogen) atoms. The first-order valence-electron chi connectivity index (χ1n) is 13.0. The summed E-state index contributed by atoms with van der Waals surface area (Å²) >= 11 is 0. The van der Waals surface area contributed by atoms with Gasteiger partial charge >= 0.3 is 0 Å². The standard InChI is InChI=1S/C28H32O15/c1-11-21(33)23(35)25(37)27(41-11)40-10-19-22(34)24(36)26(38)28(43-19)42-13-8-16(31)20(17(32)9-13)14(29)5-3-12-4-6-18(39-2)15(30)7-12/h4,6-9,19,21-22,24-28,30-34,36-38H,1,3,5,10H2,2H3/t19-,21-,22-,24+,25+,26-,27+,28-/m1/s1. The van der Waals surface area contributed by atoms with E-state index in [4.69, 9.17) is 23.7 Å². The van der Waals surface area contributed by atoms with Crippen LogP contribution in [-0.2, 0) is 25.4 Å². The van der Waals surface area contributed by atoms with Crippen LogP contribution >= 0.6 is 0 Å². The fourth-order valence-electron chi connectivity index (χ4n) is 4.55. The quantitative estimate of drug-likeness (QED) is 0.151. The van der Waals surface area contributed by atoms with Crippen LogP contribution in [-0.4, -0.2) is 115 Å². The lowest BCUT2D eigenvalue weighted by Crippen LogP contribution is -2.60. The molecule has 8 atom stereocenters. The zero-order valence-electron chi connectivity index (χ0n) is 22.8. The van der Waals surface area contributed by atoms with Crippen LogP contribution in [0.1, 0.15) is 22.3 Å². The summed E-state index contributed by atoms with van der Waals surface area (Å²) in [6.45, 7) is 2.75. The molecule has 0 amide bonds. The van der Waals surface area contributed by atoms with E-state index in [9.17, 15) is 50.4 Å². The fourth-order valence-corrected chi connectivity index (χ4v) is 4.55. The van der Waals surface area contributed by atoms with Gasteiger partial charge < -0.3 is 64.5 Å². The maximum atomic E-state index is 12.8. The SMILES string of the molecule is C=C1O[C@H](OC[C@H]2O[C@@H](Oc3cc(O)c(C(=O)CCc4ccc(OC)c(O)c4)c(O)c3)[C@H](O)[C@@H](O)[C@@H]2O)[C@@H](O)C(=O)[C@@H]1O. The number of benzene rings is 2. The van der Waals surface area contributed by atoms with Crippen molar-refractivity contribution in [2.24, 2.45) is 0 Å². The molecule has 0 radical (unpaired) electrons. The predicted octanol–water partition coefficient (Wildman–Crippen LogP) is -1.01. The fraction of sp³-hybridized carbons (Fsp3) is 0.429. The number of ketones is 2. The van der Waals surface area contributed by atoms with Gasteiger partial charge in [-0.2, -0.15) is 0 Å². The molecule has 2 aromatic rings. The van der Waals surface area contributed by atoms with Crippen LogP contribution < -0.4 is 9.47 Å². The summed E-state index contributed by atoms with van der Waals surface area (Å²) in [5, 5.41) is 81.6. The molecule has 15 nitrogen and oxygen atoms in total. The average molecular weight is 609 g/mol. The van der Waals surface area contributed by atoms with Gasteiger partial charge in [-0.1, -0.05) is 12.6 Å². The normalized spacial score (nSPS) is 29.2. The van der Waals surface area contributed by atoms with Gasteiger partial charge in [0.05, 0.1) is 13.7 Å². The van der Waals surface area contributed by atoms with Crippen molar-refractivity contribution < 1.29 is 74.1 Å². The maximum Gasteiger partial charge on any atom is 0.233 e. The highest BCUT2D eigenvalue weighted by Gasteiger charge is 2.47. The summed E-state index contributed by atoms with van der Waals surface area (Å²) < 4.78 is 26.3. The largest absolute Gasteiger partial charge is 0.507 e. The van der Waals surface area contributed by atoms with Gasteiger partial charge in [0.1, 0.15) is 53.0 Å². The molecule has 2 heterocycles. The second-order valence-corrected chi connectivity index (χ2v) is 9.93. The highest BCUT2D eigenvalue weighted by atomic mass is 16.7. The number of ether oxygens (including phenoxy) is 5. The predicted molar refractivity (Wildman–Crippen MR) is 141 cm³/mol. The molecular formula is C28H32O15. The van der Waals surface area contributed by atoms with Gasteiger partial charge in [0, 0.05) is 18.6 Å². The molecule has 0 saturated carbocycles. The highest BCUT2D eigenvalue weighted by molar-refractivity contribution is 6.01. The third-order valence-corrected chi connectivity index (χ3v) is 6.97. The van der Waals surface area contributed by atoms with Gasteiger partial charge in [-0.3, -0.25) is 9.59 Å². The Bertz CT molecular complexity index is 1340. The van der Waals surface area contributed by atoms with Crippen molar-refractivity contribution in [3.05, 3.63) is 53.8 Å². The number of carbonyl (C=O) groups excluding carboxylic acids is 2. The molecule has 0 spiro atoms. The van der Waals surface area contributed by atoms with Crippen LogP contribution in [0, 0.1) is 0 Å². The molecule has 234 valence electrons. The summed E-state index contributed by atoms with van der Waals surface area (Å²) in [5.74, 6) is -3.46. The second-order valence-electron chi connectivity index (χ2n) is 9.93. The number of carbonyl (C=O) groups is 2. The molecule has 2 aliphatic rings. The molecule has 0 aliphatic carbocycles. The second kappa shape index (κ2) is 13.1. The molecule has 0 unspecified atom stereocenters. The van der Waals surface area contributed by atoms with E-state index in [0.29, 0.717) is 5.56 Å². The molecule has 2 fully saturated rings. The zero-order chi connectivity index (χ0) is 31.6. The maximum absolute atomic E-state index is 12.8. The van der Waals surface area contributed by atoms with Crippen molar-refractivity contribution in [2.75, 3.05) is 13.7 Å². The van der Waals surface area contributed by atoms with Crippen LogP contribution in [0.3, 0.4) is 0 Å². The minimum Gasteiger partial charge on any atom is -0.507 e. The summed E-state index contributed by atoms with van der Waals surface area (Å²) in [4.78, 5) is 24.7. The Labute approximate surface area is 244 Å². The van der Waals surface area contributed by atoms with E-state index < -0.39 is 84.4 Å². The first kappa shape index (κ1) is 32.0. The Morgan fingerprint density at radius 2 is 1.60 bits per heavy atom. The molecule has 15 heteroatoms. The van der Waals surface area contributed by atoms with Gasteiger partial charge in [-0.15, -0.1) is 0 Å². The molecule has 0 aromatic heterocycles. The van der Waals surface area contributed by atoms with Crippen LogP contribution in [0.2, 0.25) is 0 Å². The average Bonchev–Trinajstić information content (AvgIpc) is 2.96. The summed E-state index contributed by atoms with van der Waals surface area (Å²) in [5.41, 5.74) is 0.205. The first-order valence-corrected chi connectivity index (χ1v) is 13.0. The molecular weight excluding hydrogens is 576 g/mol. The minimum atomic E-state index is -1.89. The lowest BCUT2D eigenvalue weighted by Gasteiger charge is -2.41. The monoisotopic (exact) mass is 608 g/mol. The van der Waals surface area contributed by atoms with Gasteiger partial charge in [-0.05, 0) is 24.1 Å².